The van der Waals surface area contributed by atoms with Crippen LogP contribution in [-0.4, -0.2) is 35.4 Å². The summed E-state index contributed by atoms with van der Waals surface area (Å²) in [4.78, 5) is 18.8. The van der Waals surface area contributed by atoms with E-state index in [0.29, 0.717) is 42.6 Å². The molecule has 126 valence electrons. The Morgan fingerprint density at radius 2 is 2.00 bits per heavy atom. The van der Waals surface area contributed by atoms with Gasteiger partial charge in [0.25, 0.3) is 5.91 Å². The number of pyridine rings is 1. The molecule has 1 fully saturated rings. The lowest BCUT2D eigenvalue weighted by Crippen LogP contribution is -2.40. The lowest BCUT2D eigenvalue weighted by molar-refractivity contribution is 0.0694. The number of nitrogens with two attached hydrogens (primary N) is 1. The fourth-order valence-electron chi connectivity index (χ4n) is 2.91. The van der Waals surface area contributed by atoms with Crippen molar-refractivity contribution in [1.82, 2.24) is 9.88 Å². The van der Waals surface area contributed by atoms with Crippen molar-refractivity contribution in [2.75, 3.05) is 25.0 Å². The smallest absolute Gasteiger partial charge is 0.257 e. The molecule has 0 atom stereocenters. The maximum Gasteiger partial charge on any atom is 0.257 e. The van der Waals surface area contributed by atoms with Crippen LogP contribution in [0.15, 0.2) is 42.6 Å². The summed E-state index contributed by atoms with van der Waals surface area (Å²) in [5, 5.41) is 2.93. The molecule has 0 aliphatic carbocycles. The zero-order chi connectivity index (χ0) is 16.9. The Labute approximate surface area is 140 Å². The summed E-state index contributed by atoms with van der Waals surface area (Å²) in [6.45, 7) is 2.04. The highest BCUT2D eigenvalue weighted by molar-refractivity contribution is 5.99. The Hall–Kier alpha value is -2.47. The molecule has 1 aromatic carbocycles. The van der Waals surface area contributed by atoms with Gasteiger partial charge in [-0.3, -0.25) is 4.79 Å². The van der Waals surface area contributed by atoms with Crippen LogP contribution in [0.1, 0.15) is 23.2 Å². The van der Waals surface area contributed by atoms with E-state index in [-0.39, 0.29) is 11.7 Å². The molecular formula is C18H21FN4O. The molecule has 0 bridgehead atoms. The van der Waals surface area contributed by atoms with Gasteiger partial charge in [-0.15, -0.1) is 0 Å². The lowest BCUT2D eigenvalue weighted by atomic mass is 9.96. The van der Waals surface area contributed by atoms with Gasteiger partial charge in [-0.2, -0.15) is 0 Å². The van der Waals surface area contributed by atoms with Gasteiger partial charge in [0.15, 0.2) is 0 Å². The number of hydrogen-bond donors (Lipinski definition) is 2. The van der Waals surface area contributed by atoms with Crippen LogP contribution in [-0.2, 0) is 0 Å². The Kier molecular flexibility index (Phi) is 5.05. The number of carbonyl (C=O) groups is 1. The number of aromatic nitrogens is 1. The number of para-hydroxylation sites is 1. The molecule has 0 spiro atoms. The van der Waals surface area contributed by atoms with Crippen LogP contribution in [0.25, 0.3) is 0 Å². The molecule has 2 aromatic rings. The number of anilines is 2. The fraction of sp³-hybridized carbons (Fsp3) is 0.333. The number of nitrogens with one attached hydrogen (secondary N) is 1. The summed E-state index contributed by atoms with van der Waals surface area (Å²) in [6.07, 6.45) is 3.41. The largest absolute Gasteiger partial charge is 0.339 e. The number of carbonyl (C=O) groups excluding carboxylic acids is 1. The summed E-state index contributed by atoms with van der Waals surface area (Å²) in [6, 6.07) is 9.76. The van der Waals surface area contributed by atoms with E-state index in [2.05, 4.69) is 10.3 Å². The molecule has 2 heterocycles. The predicted molar refractivity (Wildman–Crippen MR) is 91.6 cm³/mol. The molecular weight excluding hydrogens is 307 g/mol. The number of hydrogen-bond acceptors (Lipinski definition) is 4. The molecule has 0 saturated carbocycles. The molecule has 1 aliphatic rings. The number of halogens is 1. The van der Waals surface area contributed by atoms with Crippen LogP contribution < -0.4 is 11.1 Å². The SMILES string of the molecule is NCC1CCN(C(=O)c2cccnc2Nc2ccccc2F)CC1. The standard InChI is InChI=1S/C18H21FN4O/c19-15-5-1-2-6-16(15)22-17-14(4-3-9-21-17)18(24)23-10-7-13(12-20)8-11-23/h1-6,9,13H,7-8,10-12,20H2,(H,21,22). The van der Waals surface area contributed by atoms with Gasteiger partial charge >= 0.3 is 0 Å². The Bertz CT molecular complexity index is 714. The van der Waals surface area contributed by atoms with E-state index in [1.807, 2.05) is 4.90 Å². The Balaban J connectivity index is 1.79. The van der Waals surface area contributed by atoms with Crippen molar-refractivity contribution in [1.29, 1.82) is 0 Å². The summed E-state index contributed by atoms with van der Waals surface area (Å²) in [7, 11) is 0. The first-order chi connectivity index (χ1) is 11.7. The third kappa shape index (κ3) is 3.54. The molecule has 1 aromatic heterocycles. The summed E-state index contributed by atoms with van der Waals surface area (Å²) in [5.41, 5.74) is 6.45. The van der Waals surface area contributed by atoms with E-state index in [1.54, 1.807) is 36.5 Å². The number of rotatable bonds is 4. The second-order valence-corrected chi connectivity index (χ2v) is 5.98. The van der Waals surface area contributed by atoms with Crippen LogP contribution in [0, 0.1) is 11.7 Å². The monoisotopic (exact) mass is 328 g/mol. The highest BCUT2D eigenvalue weighted by Crippen LogP contribution is 2.24. The van der Waals surface area contributed by atoms with Gasteiger partial charge in [-0.25, -0.2) is 9.37 Å². The molecule has 3 N–H and O–H groups in total. The highest BCUT2D eigenvalue weighted by Gasteiger charge is 2.25. The van der Waals surface area contributed by atoms with Crippen LogP contribution >= 0.6 is 0 Å². The van der Waals surface area contributed by atoms with Crippen molar-refractivity contribution in [3.05, 3.63) is 54.0 Å². The van der Waals surface area contributed by atoms with Gasteiger partial charge in [-0.1, -0.05) is 12.1 Å². The van der Waals surface area contributed by atoms with E-state index >= 15 is 0 Å². The summed E-state index contributed by atoms with van der Waals surface area (Å²) < 4.78 is 13.8. The zero-order valence-corrected chi connectivity index (χ0v) is 13.4. The molecule has 5 nitrogen and oxygen atoms in total. The zero-order valence-electron chi connectivity index (χ0n) is 13.4. The molecule has 0 radical (unpaired) electrons. The van der Waals surface area contributed by atoms with Gasteiger partial charge in [0, 0.05) is 19.3 Å². The van der Waals surface area contributed by atoms with Crippen molar-refractivity contribution in [3.63, 3.8) is 0 Å². The van der Waals surface area contributed by atoms with Gasteiger partial charge in [0.1, 0.15) is 11.6 Å². The minimum Gasteiger partial charge on any atom is -0.339 e. The maximum absolute atomic E-state index is 13.8. The average molecular weight is 328 g/mol. The Morgan fingerprint density at radius 3 is 2.71 bits per heavy atom. The minimum absolute atomic E-state index is 0.0857. The molecule has 24 heavy (non-hydrogen) atoms. The number of benzene rings is 1. The van der Waals surface area contributed by atoms with E-state index < -0.39 is 0 Å². The second-order valence-electron chi connectivity index (χ2n) is 5.98. The average Bonchev–Trinajstić information content (AvgIpc) is 2.63. The second kappa shape index (κ2) is 7.40. The van der Waals surface area contributed by atoms with Gasteiger partial charge in [0.05, 0.1) is 11.3 Å². The molecule has 3 rings (SSSR count). The topological polar surface area (TPSA) is 71.2 Å². The highest BCUT2D eigenvalue weighted by atomic mass is 19.1. The summed E-state index contributed by atoms with van der Waals surface area (Å²) in [5.74, 6) is 0.384. The van der Waals surface area contributed by atoms with Crippen LogP contribution in [0.2, 0.25) is 0 Å². The number of amides is 1. The predicted octanol–water partition coefficient (Wildman–Crippen LogP) is 2.78. The number of likely N-dealkylation sites (tertiary alicyclic amines) is 1. The molecule has 6 heteroatoms. The van der Waals surface area contributed by atoms with Crippen molar-refractivity contribution in [2.24, 2.45) is 11.7 Å². The van der Waals surface area contributed by atoms with E-state index in [0.717, 1.165) is 12.8 Å². The van der Waals surface area contributed by atoms with Crippen molar-refractivity contribution in [3.8, 4) is 0 Å². The van der Waals surface area contributed by atoms with Gasteiger partial charge in [0.2, 0.25) is 0 Å². The first kappa shape index (κ1) is 16.4. The third-order valence-electron chi connectivity index (χ3n) is 4.40. The van der Waals surface area contributed by atoms with E-state index in [4.69, 9.17) is 5.73 Å². The maximum atomic E-state index is 13.8. The van der Waals surface area contributed by atoms with Crippen LogP contribution in [0.3, 0.4) is 0 Å². The molecule has 1 amide bonds. The number of nitrogens with zero attached hydrogens (tertiary/aromatic N) is 2. The van der Waals surface area contributed by atoms with E-state index in [1.165, 1.54) is 6.07 Å². The number of piperidine rings is 1. The van der Waals surface area contributed by atoms with Gasteiger partial charge < -0.3 is 16.0 Å². The van der Waals surface area contributed by atoms with Crippen LogP contribution in [0.5, 0.6) is 0 Å². The van der Waals surface area contributed by atoms with Crippen molar-refractivity contribution in [2.45, 2.75) is 12.8 Å². The first-order valence-electron chi connectivity index (χ1n) is 8.15. The fourth-order valence-corrected chi connectivity index (χ4v) is 2.91. The summed E-state index contributed by atoms with van der Waals surface area (Å²) >= 11 is 0. The minimum atomic E-state index is -0.384. The van der Waals surface area contributed by atoms with E-state index in [9.17, 15) is 9.18 Å². The molecule has 1 saturated heterocycles. The van der Waals surface area contributed by atoms with Crippen molar-refractivity contribution < 1.29 is 9.18 Å². The van der Waals surface area contributed by atoms with Crippen molar-refractivity contribution >= 4 is 17.4 Å². The van der Waals surface area contributed by atoms with Gasteiger partial charge in [-0.05, 0) is 49.6 Å². The molecule has 1 aliphatic heterocycles. The quantitative estimate of drug-likeness (QED) is 0.905. The normalized spacial score (nSPS) is 15.3. The third-order valence-corrected chi connectivity index (χ3v) is 4.40. The Morgan fingerprint density at radius 1 is 1.25 bits per heavy atom. The van der Waals surface area contributed by atoms with Crippen LogP contribution in [0.4, 0.5) is 15.9 Å². The molecule has 0 unspecified atom stereocenters. The lowest BCUT2D eigenvalue weighted by Gasteiger charge is -2.31. The first-order valence-corrected chi connectivity index (χ1v) is 8.15.